The van der Waals surface area contributed by atoms with Crippen LogP contribution in [-0.4, -0.2) is 34.8 Å². The van der Waals surface area contributed by atoms with Gasteiger partial charge in [-0.25, -0.2) is 0 Å². The van der Waals surface area contributed by atoms with Gasteiger partial charge in [0.2, 0.25) is 0 Å². The van der Waals surface area contributed by atoms with Gasteiger partial charge in [-0.3, -0.25) is 9.36 Å². The zero-order chi connectivity index (χ0) is 21.0. The predicted molar refractivity (Wildman–Crippen MR) is 115 cm³/mol. The lowest BCUT2D eigenvalue weighted by atomic mass is 10.1. The molecule has 7 heteroatoms. The molecule has 0 saturated carbocycles. The van der Waals surface area contributed by atoms with Gasteiger partial charge < -0.3 is 9.47 Å². The maximum atomic E-state index is 11.7. The Hall–Kier alpha value is -2.80. The molecule has 152 valence electrons. The Balaban J connectivity index is 1.89. The lowest BCUT2D eigenvalue weighted by molar-refractivity contribution is 0.101. The highest BCUT2D eigenvalue weighted by Gasteiger charge is 2.18. The molecule has 2 aromatic carbocycles. The Kier molecular flexibility index (Phi) is 6.59. The Bertz CT molecular complexity index is 997. The van der Waals surface area contributed by atoms with Gasteiger partial charge in [0, 0.05) is 28.5 Å². The standard InChI is InChI=1S/C22H25N3O3S/c1-14(2)25-21(16-6-9-19(27-4)10-7-16)23-24-22(25)29-13-18-12-17(15(3)26)8-11-20(18)28-5/h6-12,14H,13H2,1-5H3. The molecule has 0 unspecified atom stereocenters. The molecule has 0 aliphatic heterocycles. The van der Waals surface area contributed by atoms with Gasteiger partial charge in [0.15, 0.2) is 16.8 Å². The van der Waals surface area contributed by atoms with E-state index < -0.39 is 0 Å². The molecule has 0 fully saturated rings. The molecule has 1 heterocycles. The number of nitrogens with zero attached hydrogens (tertiary/aromatic N) is 3. The zero-order valence-electron chi connectivity index (χ0n) is 17.3. The molecule has 3 rings (SSSR count). The highest BCUT2D eigenvalue weighted by atomic mass is 32.2. The average Bonchev–Trinajstić information content (AvgIpc) is 3.16. The fraction of sp³-hybridized carbons (Fsp3) is 0.318. The molecule has 29 heavy (non-hydrogen) atoms. The van der Waals surface area contributed by atoms with Gasteiger partial charge in [0.1, 0.15) is 11.5 Å². The molecule has 0 aliphatic carbocycles. The summed E-state index contributed by atoms with van der Waals surface area (Å²) >= 11 is 1.57. The maximum absolute atomic E-state index is 11.7. The predicted octanol–water partition coefficient (Wildman–Crippen LogP) is 5.04. The SMILES string of the molecule is COc1ccc(-c2nnc(SCc3cc(C(C)=O)ccc3OC)n2C(C)C)cc1. The number of carbonyl (C=O) groups is 1. The van der Waals surface area contributed by atoms with E-state index in [1.54, 1.807) is 39.0 Å². The number of hydrogen-bond acceptors (Lipinski definition) is 6. The molecule has 3 aromatic rings. The highest BCUT2D eigenvalue weighted by molar-refractivity contribution is 7.98. The van der Waals surface area contributed by atoms with Gasteiger partial charge in [-0.15, -0.1) is 10.2 Å². The molecule has 1 aromatic heterocycles. The van der Waals surface area contributed by atoms with Crippen LogP contribution in [0.3, 0.4) is 0 Å². The van der Waals surface area contributed by atoms with Gasteiger partial charge in [-0.05, 0) is 63.2 Å². The number of ether oxygens (including phenoxy) is 2. The summed E-state index contributed by atoms with van der Waals surface area (Å²) in [6.45, 7) is 5.78. The summed E-state index contributed by atoms with van der Waals surface area (Å²) in [5, 5.41) is 9.67. The molecule has 0 aliphatic rings. The van der Waals surface area contributed by atoms with Crippen LogP contribution in [0, 0.1) is 0 Å². The minimum absolute atomic E-state index is 0.0334. The van der Waals surface area contributed by atoms with E-state index in [0.29, 0.717) is 11.3 Å². The first kappa shape index (κ1) is 20.9. The fourth-order valence-corrected chi connectivity index (χ4v) is 4.08. The third-order valence-corrected chi connectivity index (χ3v) is 5.56. The lowest BCUT2D eigenvalue weighted by Gasteiger charge is -2.15. The summed E-state index contributed by atoms with van der Waals surface area (Å²) in [6, 6.07) is 13.5. The van der Waals surface area contributed by atoms with Crippen molar-refractivity contribution in [3.8, 4) is 22.9 Å². The van der Waals surface area contributed by atoms with E-state index in [-0.39, 0.29) is 11.8 Å². The van der Waals surface area contributed by atoms with Crippen LogP contribution < -0.4 is 9.47 Å². The maximum Gasteiger partial charge on any atom is 0.192 e. The van der Waals surface area contributed by atoms with E-state index in [0.717, 1.165) is 33.6 Å². The van der Waals surface area contributed by atoms with Crippen molar-refractivity contribution in [2.45, 2.75) is 37.7 Å². The molecule has 0 saturated heterocycles. The summed E-state index contributed by atoms with van der Waals surface area (Å²) in [6.07, 6.45) is 0. The second-order valence-corrected chi connectivity index (χ2v) is 7.81. The molecule has 0 atom stereocenters. The minimum Gasteiger partial charge on any atom is -0.497 e. The molecule has 6 nitrogen and oxygen atoms in total. The van der Waals surface area contributed by atoms with Crippen molar-refractivity contribution in [1.82, 2.24) is 14.8 Å². The van der Waals surface area contributed by atoms with E-state index in [9.17, 15) is 4.79 Å². The smallest absolute Gasteiger partial charge is 0.192 e. The number of aromatic nitrogens is 3. The third-order valence-electron chi connectivity index (χ3n) is 4.57. The van der Waals surface area contributed by atoms with Gasteiger partial charge in [0.25, 0.3) is 0 Å². The van der Waals surface area contributed by atoms with Gasteiger partial charge in [-0.1, -0.05) is 11.8 Å². The van der Waals surface area contributed by atoms with Crippen molar-refractivity contribution in [3.05, 3.63) is 53.6 Å². The van der Waals surface area contributed by atoms with E-state index in [1.165, 1.54) is 0 Å². The van der Waals surface area contributed by atoms with Crippen molar-refractivity contribution in [1.29, 1.82) is 0 Å². The summed E-state index contributed by atoms with van der Waals surface area (Å²) < 4.78 is 12.8. The number of ketones is 1. The van der Waals surface area contributed by atoms with E-state index in [2.05, 4.69) is 28.6 Å². The number of hydrogen-bond donors (Lipinski definition) is 0. The second kappa shape index (κ2) is 9.13. The normalized spacial score (nSPS) is 11.0. The quantitative estimate of drug-likeness (QED) is 0.382. The third kappa shape index (κ3) is 4.62. The van der Waals surface area contributed by atoms with Crippen LogP contribution >= 0.6 is 11.8 Å². The first-order chi connectivity index (χ1) is 13.9. The molecule has 0 bridgehead atoms. The molecular weight excluding hydrogens is 386 g/mol. The van der Waals surface area contributed by atoms with Gasteiger partial charge in [0.05, 0.1) is 14.2 Å². The first-order valence-corrected chi connectivity index (χ1v) is 10.3. The van der Waals surface area contributed by atoms with Crippen molar-refractivity contribution in [2.24, 2.45) is 0 Å². The lowest BCUT2D eigenvalue weighted by Crippen LogP contribution is -2.05. The topological polar surface area (TPSA) is 66.2 Å². The van der Waals surface area contributed by atoms with Crippen LogP contribution in [0.2, 0.25) is 0 Å². The summed E-state index contributed by atoms with van der Waals surface area (Å²) in [5.74, 6) is 3.03. The summed E-state index contributed by atoms with van der Waals surface area (Å²) in [4.78, 5) is 11.7. The number of thioether (sulfide) groups is 1. The molecule has 0 amide bonds. The first-order valence-electron chi connectivity index (χ1n) is 9.34. The summed E-state index contributed by atoms with van der Waals surface area (Å²) in [7, 11) is 3.28. The van der Waals surface area contributed by atoms with Gasteiger partial charge in [-0.2, -0.15) is 0 Å². The zero-order valence-corrected chi connectivity index (χ0v) is 18.1. The number of benzene rings is 2. The molecule has 0 spiro atoms. The molecular formula is C22H25N3O3S. The van der Waals surface area contributed by atoms with Crippen LogP contribution in [0.1, 0.15) is 42.7 Å². The van der Waals surface area contributed by atoms with Crippen molar-refractivity contribution in [3.63, 3.8) is 0 Å². The number of carbonyl (C=O) groups excluding carboxylic acids is 1. The van der Waals surface area contributed by atoms with E-state index in [1.807, 2.05) is 36.4 Å². The number of methoxy groups -OCH3 is 2. The Morgan fingerprint density at radius 1 is 1.07 bits per heavy atom. The Morgan fingerprint density at radius 2 is 1.79 bits per heavy atom. The molecule has 0 radical (unpaired) electrons. The molecule has 0 N–H and O–H groups in total. The van der Waals surface area contributed by atoms with Crippen molar-refractivity contribution >= 4 is 17.5 Å². The van der Waals surface area contributed by atoms with Crippen LogP contribution in [0.5, 0.6) is 11.5 Å². The summed E-state index contributed by atoms with van der Waals surface area (Å²) in [5.41, 5.74) is 2.61. The monoisotopic (exact) mass is 411 g/mol. The number of Topliss-reactive ketones (excluding diaryl/α,β-unsaturated/α-hetero) is 1. The van der Waals surface area contributed by atoms with Crippen LogP contribution in [0.15, 0.2) is 47.6 Å². The Morgan fingerprint density at radius 3 is 2.38 bits per heavy atom. The number of rotatable bonds is 8. The van der Waals surface area contributed by atoms with Gasteiger partial charge >= 0.3 is 0 Å². The van der Waals surface area contributed by atoms with Crippen molar-refractivity contribution in [2.75, 3.05) is 14.2 Å². The Labute approximate surface area is 175 Å². The second-order valence-electron chi connectivity index (χ2n) is 6.87. The van der Waals surface area contributed by atoms with Crippen LogP contribution in [-0.2, 0) is 5.75 Å². The van der Waals surface area contributed by atoms with Crippen LogP contribution in [0.4, 0.5) is 0 Å². The van der Waals surface area contributed by atoms with E-state index >= 15 is 0 Å². The largest absolute Gasteiger partial charge is 0.497 e. The van der Waals surface area contributed by atoms with Crippen LogP contribution in [0.25, 0.3) is 11.4 Å². The average molecular weight is 412 g/mol. The minimum atomic E-state index is 0.0334. The fourth-order valence-electron chi connectivity index (χ4n) is 3.03. The van der Waals surface area contributed by atoms with E-state index in [4.69, 9.17) is 9.47 Å². The van der Waals surface area contributed by atoms with Crippen molar-refractivity contribution < 1.29 is 14.3 Å². The highest BCUT2D eigenvalue weighted by Crippen LogP contribution is 2.32.